The van der Waals surface area contributed by atoms with E-state index in [-0.39, 0.29) is 0 Å². The second kappa shape index (κ2) is 5.72. The summed E-state index contributed by atoms with van der Waals surface area (Å²) < 4.78 is 1.82. The molecule has 0 spiro atoms. The standard InChI is InChI=1S/C19H15N5S/c1-11-6-14(8-15-10-24(2)23-16(11)15)18-17(22-19(21)25-18)13-5-3-4-12(7-13)9-20/h3-8,10H,1-2H3,(H2,21,22). The van der Waals surface area contributed by atoms with Gasteiger partial charge in [-0.1, -0.05) is 23.5 Å². The van der Waals surface area contributed by atoms with Gasteiger partial charge in [0.05, 0.1) is 27.7 Å². The highest BCUT2D eigenvalue weighted by molar-refractivity contribution is 7.19. The Labute approximate surface area is 149 Å². The average Bonchev–Trinajstić information content (AvgIpc) is 3.17. The largest absolute Gasteiger partial charge is 0.375 e. The van der Waals surface area contributed by atoms with Crippen molar-refractivity contribution in [2.75, 3.05) is 5.73 Å². The van der Waals surface area contributed by atoms with Gasteiger partial charge in [-0.15, -0.1) is 0 Å². The highest BCUT2D eigenvalue weighted by Crippen LogP contribution is 2.39. The first kappa shape index (κ1) is 15.4. The van der Waals surface area contributed by atoms with E-state index >= 15 is 0 Å². The van der Waals surface area contributed by atoms with Gasteiger partial charge in [0, 0.05) is 24.2 Å². The van der Waals surface area contributed by atoms with Gasteiger partial charge < -0.3 is 5.73 Å². The molecule has 2 N–H and O–H groups in total. The van der Waals surface area contributed by atoms with Crippen molar-refractivity contribution in [1.29, 1.82) is 5.26 Å². The molecule has 5 nitrogen and oxygen atoms in total. The topological polar surface area (TPSA) is 80.5 Å². The molecule has 4 aromatic rings. The third-order valence-corrected chi connectivity index (χ3v) is 5.02. The summed E-state index contributed by atoms with van der Waals surface area (Å²) in [4.78, 5) is 5.51. The van der Waals surface area contributed by atoms with E-state index in [9.17, 15) is 0 Å². The Morgan fingerprint density at radius 2 is 2.04 bits per heavy atom. The molecule has 25 heavy (non-hydrogen) atoms. The number of benzene rings is 2. The summed E-state index contributed by atoms with van der Waals surface area (Å²) in [5.74, 6) is 0. The Balaban J connectivity index is 1.93. The lowest BCUT2D eigenvalue weighted by Gasteiger charge is -2.05. The van der Waals surface area contributed by atoms with E-state index in [4.69, 9.17) is 11.0 Å². The second-order valence-corrected chi connectivity index (χ2v) is 6.99. The average molecular weight is 345 g/mol. The fourth-order valence-corrected chi connectivity index (χ4v) is 3.87. The number of nitrogens with two attached hydrogens (primary N) is 1. The number of aromatic nitrogens is 3. The zero-order chi connectivity index (χ0) is 17.6. The molecule has 0 fully saturated rings. The molecular formula is C19H15N5S. The number of rotatable bonds is 2. The summed E-state index contributed by atoms with van der Waals surface area (Å²) in [5.41, 5.74) is 11.5. The molecule has 0 atom stereocenters. The number of hydrogen-bond donors (Lipinski definition) is 1. The molecule has 0 bridgehead atoms. The van der Waals surface area contributed by atoms with Crippen LogP contribution in [0, 0.1) is 18.3 Å². The lowest BCUT2D eigenvalue weighted by atomic mass is 10.0. The first-order valence-electron chi connectivity index (χ1n) is 7.76. The van der Waals surface area contributed by atoms with Crippen molar-refractivity contribution < 1.29 is 0 Å². The summed E-state index contributed by atoms with van der Waals surface area (Å²) in [7, 11) is 1.92. The van der Waals surface area contributed by atoms with Crippen molar-refractivity contribution in [3.8, 4) is 27.8 Å². The van der Waals surface area contributed by atoms with Crippen LogP contribution in [0.2, 0.25) is 0 Å². The lowest BCUT2D eigenvalue weighted by Crippen LogP contribution is -1.87. The van der Waals surface area contributed by atoms with E-state index in [1.165, 1.54) is 11.3 Å². The van der Waals surface area contributed by atoms with Gasteiger partial charge in [0.15, 0.2) is 5.13 Å². The molecule has 0 aliphatic heterocycles. The van der Waals surface area contributed by atoms with Crippen LogP contribution in [0.4, 0.5) is 5.13 Å². The van der Waals surface area contributed by atoms with Crippen LogP contribution < -0.4 is 5.73 Å². The third-order valence-electron chi connectivity index (χ3n) is 4.08. The van der Waals surface area contributed by atoms with Crippen LogP contribution in [0.3, 0.4) is 0 Å². The first-order chi connectivity index (χ1) is 12.0. The number of nitrogens with zero attached hydrogens (tertiary/aromatic N) is 4. The number of nitrogen functional groups attached to an aromatic ring is 1. The molecule has 0 radical (unpaired) electrons. The van der Waals surface area contributed by atoms with Crippen LogP contribution in [-0.4, -0.2) is 14.8 Å². The Bertz CT molecular complexity index is 1150. The van der Waals surface area contributed by atoms with Crippen molar-refractivity contribution in [2.24, 2.45) is 7.05 Å². The van der Waals surface area contributed by atoms with E-state index in [1.54, 1.807) is 6.07 Å². The minimum absolute atomic E-state index is 0.510. The maximum atomic E-state index is 9.16. The summed E-state index contributed by atoms with van der Waals surface area (Å²) >= 11 is 1.46. The number of thiazole rings is 1. The summed E-state index contributed by atoms with van der Waals surface area (Å²) in [6.45, 7) is 2.05. The maximum Gasteiger partial charge on any atom is 0.181 e. The van der Waals surface area contributed by atoms with E-state index < -0.39 is 0 Å². The predicted octanol–water partition coefficient (Wildman–Crippen LogP) is 4.13. The molecule has 0 amide bonds. The zero-order valence-electron chi connectivity index (χ0n) is 13.8. The molecule has 122 valence electrons. The molecule has 0 unspecified atom stereocenters. The number of nitriles is 1. The van der Waals surface area contributed by atoms with Crippen molar-refractivity contribution in [2.45, 2.75) is 6.92 Å². The molecule has 6 heteroatoms. The fraction of sp³-hybridized carbons (Fsp3) is 0.105. The predicted molar refractivity (Wildman–Crippen MR) is 101 cm³/mol. The molecule has 0 saturated heterocycles. The van der Waals surface area contributed by atoms with Gasteiger partial charge in [0.25, 0.3) is 0 Å². The van der Waals surface area contributed by atoms with Crippen molar-refractivity contribution >= 4 is 27.4 Å². The van der Waals surface area contributed by atoms with Crippen molar-refractivity contribution in [3.63, 3.8) is 0 Å². The third kappa shape index (κ3) is 2.65. The Morgan fingerprint density at radius 3 is 2.84 bits per heavy atom. The van der Waals surface area contributed by atoms with E-state index in [2.05, 4.69) is 35.2 Å². The SMILES string of the molecule is Cc1cc(-c2sc(N)nc2-c2cccc(C#N)c2)cc2cn(C)nc12. The number of hydrogen-bond acceptors (Lipinski definition) is 5. The van der Waals surface area contributed by atoms with Gasteiger partial charge in [-0.25, -0.2) is 4.98 Å². The molecule has 0 saturated carbocycles. The van der Waals surface area contributed by atoms with Gasteiger partial charge in [0.2, 0.25) is 0 Å². The number of anilines is 1. The van der Waals surface area contributed by atoms with Crippen LogP contribution in [0.15, 0.2) is 42.6 Å². The smallest absolute Gasteiger partial charge is 0.181 e. The maximum absolute atomic E-state index is 9.16. The van der Waals surface area contributed by atoms with Gasteiger partial charge in [-0.2, -0.15) is 10.4 Å². The van der Waals surface area contributed by atoms with Crippen LogP contribution in [-0.2, 0) is 7.05 Å². The Hall–Kier alpha value is -3.17. The van der Waals surface area contributed by atoms with Crippen LogP contribution in [0.5, 0.6) is 0 Å². The molecular weight excluding hydrogens is 330 g/mol. The Morgan fingerprint density at radius 1 is 1.20 bits per heavy atom. The van der Waals surface area contributed by atoms with Gasteiger partial charge in [-0.3, -0.25) is 4.68 Å². The normalized spacial score (nSPS) is 10.9. The van der Waals surface area contributed by atoms with Gasteiger partial charge in [0.1, 0.15) is 0 Å². The number of aryl methyl sites for hydroxylation is 2. The summed E-state index contributed by atoms with van der Waals surface area (Å²) in [6.07, 6.45) is 2.01. The molecule has 2 aromatic heterocycles. The minimum Gasteiger partial charge on any atom is -0.375 e. The fourth-order valence-electron chi connectivity index (χ4n) is 3.02. The van der Waals surface area contributed by atoms with E-state index in [0.717, 1.165) is 38.2 Å². The molecule has 2 aromatic carbocycles. The molecule has 0 aliphatic rings. The van der Waals surface area contributed by atoms with E-state index in [1.807, 2.05) is 36.1 Å². The highest BCUT2D eigenvalue weighted by Gasteiger charge is 2.16. The molecule has 2 heterocycles. The monoisotopic (exact) mass is 345 g/mol. The summed E-state index contributed by atoms with van der Waals surface area (Å²) in [6, 6.07) is 13.8. The second-order valence-electron chi connectivity index (χ2n) is 5.96. The van der Waals surface area contributed by atoms with Crippen LogP contribution in [0.25, 0.3) is 32.6 Å². The van der Waals surface area contributed by atoms with Crippen LogP contribution >= 0.6 is 11.3 Å². The van der Waals surface area contributed by atoms with Crippen molar-refractivity contribution in [1.82, 2.24) is 14.8 Å². The summed E-state index contributed by atoms with van der Waals surface area (Å²) in [5, 5.41) is 15.3. The Kier molecular flexibility index (Phi) is 3.52. The van der Waals surface area contributed by atoms with Crippen LogP contribution in [0.1, 0.15) is 11.1 Å². The highest BCUT2D eigenvalue weighted by atomic mass is 32.1. The van der Waals surface area contributed by atoms with Crippen molar-refractivity contribution in [3.05, 3.63) is 53.7 Å². The zero-order valence-corrected chi connectivity index (χ0v) is 14.6. The van der Waals surface area contributed by atoms with Gasteiger partial charge in [-0.05, 0) is 42.3 Å². The molecule has 0 aliphatic carbocycles. The minimum atomic E-state index is 0.510. The first-order valence-corrected chi connectivity index (χ1v) is 8.58. The number of fused-ring (bicyclic) bond motifs is 1. The quantitative estimate of drug-likeness (QED) is 0.592. The molecule has 4 rings (SSSR count). The van der Waals surface area contributed by atoms with Gasteiger partial charge >= 0.3 is 0 Å². The van der Waals surface area contributed by atoms with E-state index in [0.29, 0.717) is 10.7 Å². The lowest BCUT2D eigenvalue weighted by molar-refractivity contribution is 0.779.